The van der Waals surface area contributed by atoms with Crippen LogP contribution < -0.4 is 5.32 Å². The van der Waals surface area contributed by atoms with Gasteiger partial charge in [-0.3, -0.25) is 4.98 Å². The number of carbonyl (C=O) groups is 1. The van der Waals surface area contributed by atoms with E-state index in [0.717, 1.165) is 5.69 Å². The van der Waals surface area contributed by atoms with Gasteiger partial charge in [0.2, 0.25) is 0 Å². The molecule has 2 N–H and O–H groups in total. The van der Waals surface area contributed by atoms with Gasteiger partial charge in [0, 0.05) is 5.69 Å². The van der Waals surface area contributed by atoms with Crippen LogP contribution in [0.2, 0.25) is 0 Å². The lowest BCUT2D eigenvalue weighted by molar-refractivity contribution is 0.0601. The fraction of sp³-hybridized carbons (Fsp3) is 0.200. The number of aromatic nitrogens is 1. The summed E-state index contributed by atoms with van der Waals surface area (Å²) in [5, 5.41) is 12.6. The van der Waals surface area contributed by atoms with Gasteiger partial charge in [-0.05, 0) is 37.3 Å². The zero-order chi connectivity index (χ0) is 15.4. The van der Waals surface area contributed by atoms with Crippen LogP contribution in [0.4, 0.5) is 10.1 Å². The fourth-order valence-electron chi connectivity index (χ4n) is 1.86. The molecule has 0 amide bonds. The summed E-state index contributed by atoms with van der Waals surface area (Å²) in [6.45, 7) is 1.95. The second-order valence-electron chi connectivity index (χ2n) is 4.45. The van der Waals surface area contributed by atoms with Gasteiger partial charge in [-0.15, -0.1) is 0 Å². The highest BCUT2D eigenvalue weighted by molar-refractivity contribution is 5.95. The molecule has 110 valence electrons. The number of nitrogens with one attached hydrogen (secondary N) is 1. The number of halogens is 1. The van der Waals surface area contributed by atoms with Gasteiger partial charge in [-0.2, -0.15) is 0 Å². The van der Waals surface area contributed by atoms with E-state index in [4.69, 9.17) is 0 Å². The van der Waals surface area contributed by atoms with E-state index in [2.05, 4.69) is 15.0 Å². The van der Waals surface area contributed by atoms with Gasteiger partial charge < -0.3 is 15.2 Å². The Morgan fingerprint density at radius 3 is 2.86 bits per heavy atom. The Hall–Kier alpha value is -2.63. The van der Waals surface area contributed by atoms with E-state index in [9.17, 15) is 14.3 Å². The van der Waals surface area contributed by atoms with Crippen molar-refractivity contribution in [2.24, 2.45) is 0 Å². The van der Waals surface area contributed by atoms with E-state index in [0.29, 0.717) is 5.69 Å². The Kier molecular flexibility index (Phi) is 4.37. The van der Waals surface area contributed by atoms with E-state index >= 15 is 0 Å². The van der Waals surface area contributed by atoms with Crippen LogP contribution in [0.1, 0.15) is 21.7 Å². The van der Waals surface area contributed by atoms with Crippen molar-refractivity contribution in [3.8, 4) is 5.75 Å². The smallest absolute Gasteiger partial charge is 0.339 e. The topological polar surface area (TPSA) is 71.5 Å². The Labute approximate surface area is 121 Å². The minimum Gasteiger partial charge on any atom is -0.506 e. The molecule has 0 spiro atoms. The van der Waals surface area contributed by atoms with Crippen LogP contribution in [-0.4, -0.2) is 23.2 Å². The number of methoxy groups -OCH3 is 1. The van der Waals surface area contributed by atoms with Crippen molar-refractivity contribution in [1.82, 2.24) is 4.98 Å². The molecule has 0 fully saturated rings. The first-order valence-electron chi connectivity index (χ1n) is 6.28. The molecule has 0 atom stereocenters. The molecule has 0 saturated carbocycles. The Morgan fingerprint density at radius 2 is 2.14 bits per heavy atom. The molecule has 6 heteroatoms. The third-order valence-electron chi connectivity index (χ3n) is 2.92. The van der Waals surface area contributed by atoms with Crippen LogP contribution in [0, 0.1) is 12.7 Å². The normalized spacial score (nSPS) is 10.2. The first kappa shape index (κ1) is 14.8. The van der Waals surface area contributed by atoms with E-state index in [1.807, 2.05) is 0 Å². The Morgan fingerprint density at radius 1 is 1.38 bits per heavy atom. The zero-order valence-electron chi connectivity index (χ0n) is 11.7. The lowest BCUT2D eigenvalue weighted by Crippen LogP contribution is -2.09. The van der Waals surface area contributed by atoms with Crippen molar-refractivity contribution < 1.29 is 19.0 Å². The quantitative estimate of drug-likeness (QED) is 0.847. The molecule has 0 radical (unpaired) electrons. The number of nitrogens with zero attached hydrogens (tertiary/aromatic N) is 1. The van der Waals surface area contributed by atoms with Gasteiger partial charge in [-0.1, -0.05) is 0 Å². The summed E-state index contributed by atoms with van der Waals surface area (Å²) < 4.78 is 18.0. The molecule has 0 aliphatic carbocycles. The monoisotopic (exact) mass is 290 g/mol. The lowest BCUT2D eigenvalue weighted by Gasteiger charge is -2.11. The molecule has 0 unspecified atom stereocenters. The summed E-state index contributed by atoms with van der Waals surface area (Å²) >= 11 is 0. The van der Waals surface area contributed by atoms with Crippen LogP contribution in [0.25, 0.3) is 0 Å². The fourth-order valence-corrected chi connectivity index (χ4v) is 1.86. The molecule has 2 aromatic rings. The van der Waals surface area contributed by atoms with E-state index in [1.165, 1.54) is 31.4 Å². The molecule has 21 heavy (non-hydrogen) atoms. The highest BCUT2D eigenvalue weighted by Crippen LogP contribution is 2.21. The van der Waals surface area contributed by atoms with Crippen LogP contribution in [-0.2, 0) is 11.3 Å². The number of benzene rings is 1. The maximum atomic E-state index is 13.3. The summed E-state index contributed by atoms with van der Waals surface area (Å²) in [6.07, 6.45) is 0. The second kappa shape index (κ2) is 6.21. The standard InChI is InChI=1S/C15H15FN2O3/c1-9-3-6-14(19)13(18-9)8-17-12-7-10(16)4-5-11(12)15(20)21-2/h3-7,17,19H,8H2,1-2H3. The number of aromatic hydroxyl groups is 1. The number of esters is 1. The van der Waals surface area contributed by atoms with Gasteiger partial charge in [0.15, 0.2) is 0 Å². The highest BCUT2D eigenvalue weighted by atomic mass is 19.1. The summed E-state index contributed by atoms with van der Waals surface area (Å²) in [5.74, 6) is -1.02. The predicted molar refractivity (Wildman–Crippen MR) is 75.7 cm³/mol. The van der Waals surface area contributed by atoms with Gasteiger partial charge in [0.1, 0.15) is 17.3 Å². The third kappa shape index (κ3) is 3.47. The molecule has 2 rings (SSSR count). The van der Waals surface area contributed by atoms with Gasteiger partial charge in [0.25, 0.3) is 0 Å². The Balaban J connectivity index is 2.25. The van der Waals surface area contributed by atoms with Crippen molar-refractivity contribution in [3.63, 3.8) is 0 Å². The van der Waals surface area contributed by atoms with E-state index in [1.54, 1.807) is 13.0 Å². The van der Waals surface area contributed by atoms with Crippen molar-refractivity contribution in [1.29, 1.82) is 0 Å². The minimum absolute atomic E-state index is 0.0316. The molecule has 1 aromatic carbocycles. The van der Waals surface area contributed by atoms with Crippen LogP contribution in [0.15, 0.2) is 30.3 Å². The lowest BCUT2D eigenvalue weighted by atomic mass is 10.1. The number of hydrogen-bond donors (Lipinski definition) is 2. The SMILES string of the molecule is COC(=O)c1ccc(F)cc1NCc1nc(C)ccc1O. The average molecular weight is 290 g/mol. The van der Waals surface area contributed by atoms with Crippen LogP contribution >= 0.6 is 0 Å². The summed E-state index contributed by atoms with van der Waals surface area (Å²) in [5.41, 5.74) is 1.66. The van der Waals surface area contributed by atoms with Crippen molar-refractivity contribution in [3.05, 3.63) is 53.1 Å². The van der Waals surface area contributed by atoms with E-state index < -0.39 is 11.8 Å². The van der Waals surface area contributed by atoms with Crippen molar-refractivity contribution in [2.75, 3.05) is 12.4 Å². The maximum absolute atomic E-state index is 13.3. The second-order valence-corrected chi connectivity index (χ2v) is 4.45. The summed E-state index contributed by atoms with van der Waals surface area (Å²) in [6, 6.07) is 6.93. The van der Waals surface area contributed by atoms with Crippen molar-refractivity contribution >= 4 is 11.7 Å². The first-order chi connectivity index (χ1) is 10.0. The molecule has 0 saturated heterocycles. The van der Waals surface area contributed by atoms with Gasteiger partial charge >= 0.3 is 5.97 Å². The molecule has 1 aromatic heterocycles. The molecule has 1 heterocycles. The highest BCUT2D eigenvalue weighted by Gasteiger charge is 2.13. The number of carbonyl (C=O) groups excluding carboxylic acids is 1. The number of pyridine rings is 1. The molecular weight excluding hydrogens is 275 g/mol. The molecule has 0 bridgehead atoms. The number of ether oxygens (including phenoxy) is 1. The number of anilines is 1. The number of rotatable bonds is 4. The average Bonchev–Trinajstić information content (AvgIpc) is 2.47. The van der Waals surface area contributed by atoms with Crippen LogP contribution in [0.5, 0.6) is 5.75 Å². The van der Waals surface area contributed by atoms with E-state index in [-0.39, 0.29) is 23.5 Å². The summed E-state index contributed by atoms with van der Waals surface area (Å²) in [4.78, 5) is 15.8. The summed E-state index contributed by atoms with van der Waals surface area (Å²) in [7, 11) is 1.25. The zero-order valence-corrected chi connectivity index (χ0v) is 11.7. The predicted octanol–water partition coefficient (Wildman–Crippen LogP) is 2.63. The molecule has 0 aliphatic rings. The molecular formula is C15H15FN2O3. The van der Waals surface area contributed by atoms with Gasteiger partial charge in [0.05, 0.1) is 24.9 Å². The first-order valence-corrected chi connectivity index (χ1v) is 6.28. The molecule has 0 aliphatic heterocycles. The third-order valence-corrected chi connectivity index (χ3v) is 2.92. The van der Waals surface area contributed by atoms with Crippen LogP contribution in [0.3, 0.4) is 0 Å². The van der Waals surface area contributed by atoms with Gasteiger partial charge in [-0.25, -0.2) is 9.18 Å². The van der Waals surface area contributed by atoms with Crippen molar-refractivity contribution in [2.45, 2.75) is 13.5 Å². The maximum Gasteiger partial charge on any atom is 0.339 e. The number of aryl methyl sites for hydroxylation is 1. The number of hydrogen-bond acceptors (Lipinski definition) is 5. The molecule has 5 nitrogen and oxygen atoms in total. The minimum atomic E-state index is -0.570. The largest absolute Gasteiger partial charge is 0.506 e. The Bertz CT molecular complexity index is 674.